The molecule has 82 valence electrons. The molecule has 0 unspecified atom stereocenters. The first-order valence-electron chi connectivity index (χ1n) is 4.61. The van der Waals surface area contributed by atoms with Gasteiger partial charge in [0.15, 0.2) is 11.5 Å². The normalized spacial score (nSPS) is 10.3. The highest BCUT2D eigenvalue weighted by Crippen LogP contribution is 2.30. The van der Waals surface area contributed by atoms with Crippen LogP contribution < -0.4 is 4.74 Å². The lowest BCUT2D eigenvalue weighted by Gasteiger charge is -2.09. The third kappa shape index (κ3) is 3.12. The zero-order chi connectivity index (χ0) is 11.4. The summed E-state index contributed by atoms with van der Waals surface area (Å²) in [7, 11) is 0. The Morgan fingerprint density at radius 3 is 2.73 bits per heavy atom. The van der Waals surface area contributed by atoms with E-state index in [2.05, 4.69) is 0 Å². The maximum atomic E-state index is 10.5. The zero-order valence-electron chi connectivity index (χ0n) is 8.64. The highest BCUT2D eigenvalue weighted by atomic mass is 16.6. The van der Waals surface area contributed by atoms with Crippen molar-refractivity contribution in [2.75, 3.05) is 6.61 Å². The van der Waals surface area contributed by atoms with E-state index in [0.717, 1.165) is 0 Å². The number of ether oxygens (including phenoxy) is 1. The van der Waals surface area contributed by atoms with E-state index < -0.39 is 4.92 Å². The first-order valence-corrected chi connectivity index (χ1v) is 4.61. The van der Waals surface area contributed by atoms with Crippen LogP contribution in [0.3, 0.4) is 0 Å². The summed E-state index contributed by atoms with van der Waals surface area (Å²) < 4.78 is 5.23. The SMILES string of the molecule is CC(C)COc1cc([N+](=O)[O-])ccc1O. The van der Waals surface area contributed by atoms with Crippen LogP contribution in [0.1, 0.15) is 13.8 Å². The van der Waals surface area contributed by atoms with E-state index in [1.54, 1.807) is 0 Å². The number of phenols is 1. The summed E-state index contributed by atoms with van der Waals surface area (Å²) >= 11 is 0. The average molecular weight is 211 g/mol. The quantitative estimate of drug-likeness (QED) is 0.612. The number of nitro benzene ring substituents is 1. The van der Waals surface area contributed by atoms with Gasteiger partial charge < -0.3 is 9.84 Å². The molecule has 0 atom stereocenters. The number of nitrogens with zero attached hydrogens (tertiary/aromatic N) is 1. The molecule has 1 aromatic carbocycles. The number of nitro groups is 1. The number of benzene rings is 1. The van der Waals surface area contributed by atoms with Crippen molar-refractivity contribution in [1.29, 1.82) is 0 Å². The van der Waals surface area contributed by atoms with Crippen LogP contribution in [0.25, 0.3) is 0 Å². The maximum absolute atomic E-state index is 10.5. The molecule has 5 nitrogen and oxygen atoms in total. The third-order valence-corrected chi connectivity index (χ3v) is 1.73. The minimum atomic E-state index is -0.526. The molecule has 5 heteroatoms. The Morgan fingerprint density at radius 2 is 2.20 bits per heavy atom. The molecule has 1 rings (SSSR count). The van der Waals surface area contributed by atoms with Gasteiger partial charge in [0.25, 0.3) is 5.69 Å². The Morgan fingerprint density at radius 1 is 1.53 bits per heavy atom. The molecule has 0 bridgehead atoms. The summed E-state index contributed by atoms with van der Waals surface area (Å²) in [6.45, 7) is 4.32. The van der Waals surface area contributed by atoms with Crippen LogP contribution in [-0.2, 0) is 0 Å². The van der Waals surface area contributed by atoms with E-state index in [1.807, 2.05) is 13.8 Å². The fraction of sp³-hybridized carbons (Fsp3) is 0.400. The summed E-state index contributed by atoms with van der Waals surface area (Å²) in [6.07, 6.45) is 0. The van der Waals surface area contributed by atoms with Crippen molar-refractivity contribution in [1.82, 2.24) is 0 Å². The van der Waals surface area contributed by atoms with Gasteiger partial charge in [0, 0.05) is 6.07 Å². The van der Waals surface area contributed by atoms with Gasteiger partial charge in [-0.25, -0.2) is 0 Å². The van der Waals surface area contributed by atoms with Crippen LogP contribution in [0.15, 0.2) is 18.2 Å². The van der Waals surface area contributed by atoms with Crippen molar-refractivity contribution in [3.8, 4) is 11.5 Å². The Balaban J connectivity index is 2.85. The first-order chi connectivity index (χ1) is 7.00. The van der Waals surface area contributed by atoms with E-state index >= 15 is 0 Å². The average Bonchev–Trinajstić information content (AvgIpc) is 2.16. The molecule has 0 heterocycles. The molecule has 0 aliphatic heterocycles. The predicted molar refractivity (Wildman–Crippen MR) is 55.1 cm³/mol. The molecule has 0 aliphatic rings. The lowest BCUT2D eigenvalue weighted by Crippen LogP contribution is -2.04. The van der Waals surface area contributed by atoms with Crippen LogP contribution in [0, 0.1) is 16.0 Å². The zero-order valence-corrected chi connectivity index (χ0v) is 8.64. The Kier molecular flexibility index (Phi) is 3.49. The molecule has 0 spiro atoms. The minimum absolute atomic E-state index is 0.0822. The van der Waals surface area contributed by atoms with Gasteiger partial charge in [-0.15, -0.1) is 0 Å². The summed E-state index contributed by atoms with van der Waals surface area (Å²) in [5.74, 6) is 0.364. The summed E-state index contributed by atoms with van der Waals surface area (Å²) in [6, 6.07) is 3.71. The van der Waals surface area contributed by atoms with E-state index in [4.69, 9.17) is 4.74 Å². The third-order valence-electron chi connectivity index (χ3n) is 1.73. The van der Waals surface area contributed by atoms with Gasteiger partial charge in [-0.05, 0) is 12.0 Å². The van der Waals surface area contributed by atoms with E-state index in [-0.39, 0.29) is 17.2 Å². The smallest absolute Gasteiger partial charge is 0.273 e. The summed E-state index contributed by atoms with van der Waals surface area (Å²) in [5.41, 5.74) is -0.0912. The van der Waals surface area contributed by atoms with Crippen molar-refractivity contribution in [2.45, 2.75) is 13.8 Å². The number of hydrogen-bond acceptors (Lipinski definition) is 4. The highest BCUT2D eigenvalue weighted by molar-refractivity contribution is 5.47. The monoisotopic (exact) mass is 211 g/mol. The van der Waals surface area contributed by atoms with Crippen LogP contribution in [0.2, 0.25) is 0 Å². The lowest BCUT2D eigenvalue weighted by atomic mass is 10.2. The van der Waals surface area contributed by atoms with Crippen molar-refractivity contribution >= 4 is 5.69 Å². The minimum Gasteiger partial charge on any atom is -0.504 e. The van der Waals surface area contributed by atoms with Crippen molar-refractivity contribution in [2.24, 2.45) is 5.92 Å². The van der Waals surface area contributed by atoms with Gasteiger partial charge in [-0.2, -0.15) is 0 Å². The summed E-state index contributed by atoms with van der Waals surface area (Å²) in [5, 5.41) is 19.9. The highest BCUT2D eigenvalue weighted by Gasteiger charge is 2.11. The molecule has 1 N–H and O–H groups in total. The van der Waals surface area contributed by atoms with Gasteiger partial charge in [-0.3, -0.25) is 10.1 Å². The molecule has 0 radical (unpaired) electrons. The van der Waals surface area contributed by atoms with Crippen molar-refractivity contribution < 1.29 is 14.8 Å². The molecule has 15 heavy (non-hydrogen) atoms. The molecule has 0 aromatic heterocycles. The van der Waals surface area contributed by atoms with Gasteiger partial charge in [0.05, 0.1) is 17.6 Å². The molecule has 0 saturated carbocycles. The summed E-state index contributed by atoms with van der Waals surface area (Å²) in [4.78, 5) is 9.94. The fourth-order valence-electron chi connectivity index (χ4n) is 0.988. The number of aromatic hydroxyl groups is 1. The molecule has 0 saturated heterocycles. The predicted octanol–water partition coefficient (Wildman–Crippen LogP) is 2.34. The maximum Gasteiger partial charge on any atom is 0.273 e. The number of rotatable bonds is 4. The Hall–Kier alpha value is -1.78. The topological polar surface area (TPSA) is 72.6 Å². The number of non-ortho nitro benzene ring substituents is 1. The van der Waals surface area contributed by atoms with Crippen LogP contribution in [-0.4, -0.2) is 16.6 Å². The first kappa shape index (κ1) is 11.3. The molecular weight excluding hydrogens is 198 g/mol. The number of hydrogen-bond donors (Lipinski definition) is 1. The van der Waals surface area contributed by atoms with Crippen molar-refractivity contribution in [3.63, 3.8) is 0 Å². The Labute approximate surface area is 87.5 Å². The molecule has 0 fully saturated rings. The molecular formula is C10H13NO4. The van der Waals surface area contributed by atoms with Crippen LogP contribution in [0.4, 0.5) is 5.69 Å². The van der Waals surface area contributed by atoms with E-state index in [9.17, 15) is 15.2 Å². The second-order valence-corrected chi connectivity index (χ2v) is 3.61. The standard InChI is InChI=1S/C10H13NO4/c1-7(2)6-15-10-5-8(11(13)14)3-4-9(10)12/h3-5,7,12H,6H2,1-2H3. The van der Waals surface area contributed by atoms with Crippen LogP contribution >= 0.6 is 0 Å². The van der Waals surface area contributed by atoms with Crippen LogP contribution in [0.5, 0.6) is 11.5 Å². The second-order valence-electron chi connectivity index (χ2n) is 3.61. The fourth-order valence-corrected chi connectivity index (χ4v) is 0.988. The van der Waals surface area contributed by atoms with Crippen molar-refractivity contribution in [3.05, 3.63) is 28.3 Å². The van der Waals surface area contributed by atoms with Gasteiger partial charge in [-0.1, -0.05) is 13.8 Å². The molecule has 0 aliphatic carbocycles. The lowest BCUT2D eigenvalue weighted by molar-refractivity contribution is -0.385. The van der Waals surface area contributed by atoms with Gasteiger partial charge >= 0.3 is 0 Å². The van der Waals surface area contributed by atoms with E-state index in [1.165, 1.54) is 18.2 Å². The number of phenolic OH excluding ortho intramolecular Hbond substituents is 1. The second kappa shape index (κ2) is 4.63. The van der Waals surface area contributed by atoms with E-state index in [0.29, 0.717) is 12.5 Å². The largest absolute Gasteiger partial charge is 0.504 e. The molecule has 1 aromatic rings. The molecule has 0 amide bonds. The van der Waals surface area contributed by atoms with Gasteiger partial charge in [0.2, 0.25) is 0 Å². The van der Waals surface area contributed by atoms with Gasteiger partial charge in [0.1, 0.15) is 0 Å². The Bertz CT molecular complexity index is 362.